The number of halogens is 1. The normalized spacial score (nSPS) is 30.9. The lowest BCUT2D eigenvalue weighted by Gasteiger charge is -2.37. The number of hydrogen-bond donors (Lipinski definition) is 1. The molecule has 2 fully saturated rings. The fourth-order valence-electron chi connectivity index (χ4n) is 2.74. The molecule has 5 heteroatoms. The minimum atomic E-state index is 0.154. The minimum Gasteiger partial charge on any atom is -0.398 e. The van der Waals surface area contributed by atoms with Crippen molar-refractivity contribution in [3.05, 3.63) is 22.7 Å². The summed E-state index contributed by atoms with van der Waals surface area (Å²) >= 11 is 7.47. The molecule has 1 aromatic carbocycles. The van der Waals surface area contributed by atoms with E-state index >= 15 is 0 Å². The van der Waals surface area contributed by atoms with Gasteiger partial charge in [0.1, 0.15) is 0 Å². The van der Waals surface area contributed by atoms with Crippen LogP contribution in [0.2, 0.25) is 0 Å². The molecule has 19 heavy (non-hydrogen) atoms. The Morgan fingerprint density at radius 1 is 1.47 bits per heavy atom. The number of rotatable bonds is 2. The number of anilines is 1. The maximum absolute atomic E-state index is 6.07. The SMILES string of the molecule is Nc1ccc(Br)cc1SC1CCOC2(CCSC2)C1. The number of ether oxygens (including phenoxy) is 1. The number of benzene rings is 1. The van der Waals surface area contributed by atoms with Crippen LogP contribution in [-0.2, 0) is 4.74 Å². The second-order valence-electron chi connectivity index (χ2n) is 5.25. The molecule has 1 aromatic rings. The van der Waals surface area contributed by atoms with E-state index in [9.17, 15) is 0 Å². The van der Waals surface area contributed by atoms with Crippen LogP contribution in [0.15, 0.2) is 27.6 Å². The van der Waals surface area contributed by atoms with Crippen LogP contribution in [0.25, 0.3) is 0 Å². The summed E-state index contributed by atoms with van der Waals surface area (Å²) in [4.78, 5) is 1.20. The predicted molar refractivity (Wildman–Crippen MR) is 88.1 cm³/mol. The van der Waals surface area contributed by atoms with E-state index in [0.29, 0.717) is 5.25 Å². The first-order valence-electron chi connectivity index (χ1n) is 6.60. The Morgan fingerprint density at radius 2 is 2.37 bits per heavy atom. The Kier molecular flexibility index (Phi) is 4.37. The van der Waals surface area contributed by atoms with E-state index in [4.69, 9.17) is 10.5 Å². The lowest BCUT2D eigenvalue weighted by molar-refractivity contribution is -0.0562. The van der Waals surface area contributed by atoms with Crippen LogP contribution in [0.5, 0.6) is 0 Å². The summed E-state index contributed by atoms with van der Waals surface area (Å²) in [5.74, 6) is 2.41. The molecule has 2 N–H and O–H groups in total. The van der Waals surface area contributed by atoms with Gasteiger partial charge in [-0.3, -0.25) is 0 Å². The zero-order valence-electron chi connectivity index (χ0n) is 10.7. The first-order valence-corrected chi connectivity index (χ1v) is 9.43. The summed E-state index contributed by atoms with van der Waals surface area (Å²) in [6.07, 6.45) is 3.50. The lowest BCUT2D eigenvalue weighted by atomic mass is 9.93. The third-order valence-corrected chi connectivity index (χ3v) is 6.84. The van der Waals surface area contributed by atoms with Crippen LogP contribution in [0, 0.1) is 0 Å². The highest BCUT2D eigenvalue weighted by Crippen LogP contribution is 2.44. The topological polar surface area (TPSA) is 35.2 Å². The largest absolute Gasteiger partial charge is 0.398 e. The Bertz CT molecular complexity index is 463. The Balaban J connectivity index is 1.70. The van der Waals surface area contributed by atoms with Crippen molar-refractivity contribution in [1.82, 2.24) is 0 Å². The molecule has 0 aliphatic carbocycles. The molecule has 2 nitrogen and oxygen atoms in total. The van der Waals surface area contributed by atoms with E-state index in [2.05, 4.69) is 22.0 Å². The average molecular weight is 360 g/mol. The summed E-state index contributed by atoms with van der Waals surface area (Å²) in [5.41, 5.74) is 7.11. The van der Waals surface area contributed by atoms with Gasteiger partial charge in [-0.25, -0.2) is 0 Å². The van der Waals surface area contributed by atoms with Gasteiger partial charge in [0.25, 0.3) is 0 Å². The van der Waals surface area contributed by atoms with Gasteiger partial charge in [-0.1, -0.05) is 15.9 Å². The molecule has 3 rings (SSSR count). The fraction of sp³-hybridized carbons (Fsp3) is 0.571. The van der Waals surface area contributed by atoms with E-state index in [0.717, 1.165) is 35.4 Å². The standard InChI is InChI=1S/C14H18BrNOS2/c15-10-1-2-12(16)13(7-10)19-11-3-5-17-14(8-11)4-6-18-9-14/h1-2,7,11H,3-6,8-9,16H2. The van der Waals surface area contributed by atoms with Crippen LogP contribution < -0.4 is 5.73 Å². The summed E-state index contributed by atoms with van der Waals surface area (Å²) in [5, 5.41) is 0.629. The third-order valence-electron chi connectivity index (χ3n) is 3.78. The highest BCUT2D eigenvalue weighted by molar-refractivity contribution is 9.10. The molecular weight excluding hydrogens is 342 g/mol. The number of thioether (sulfide) groups is 2. The maximum Gasteiger partial charge on any atom is 0.0791 e. The van der Waals surface area contributed by atoms with Gasteiger partial charge in [0.15, 0.2) is 0 Å². The zero-order valence-corrected chi connectivity index (χ0v) is 14.0. The molecule has 2 atom stereocenters. The van der Waals surface area contributed by atoms with Crippen LogP contribution in [0.4, 0.5) is 5.69 Å². The average Bonchev–Trinajstić information content (AvgIpc) is 2.82. The molecule has 0 radical (unpaired) electrons. The van der Waals surface area contributed by atoms with Gasteiger partial charge in [-0.05, 0) is 43.2 Å². The molecule has 2 saturated heterocycles. The molecule has 2 heterocycles. The van der Waals surface area contributed by atoms with Crippen LogP contribution >= 0.6 is 39.5 Å². The van der Waals surface area contributed by atoms with Gasteiger partial charge in [0, 0.05) is 32.7 Å². The Morgan fingerprint density at radius 3 is 3.16 bits per heavy atom. The molecule has 2 aliphatic rings. The van der Waals surface area contributed by atoms with Crippen molar-refractivity contribution in [1.29, 1.82) is 0 Å². The second kappa shape index (κ2) is 5.88. The van der Waals surface area contributed by atoms with Gasteiger partial charge < -0.3 is 10.5 Å². The van der Waals surface area contributed by atoms with Crippen LogP contribution in [0.1, 0.15) is 19.3 Å². The number of nitrogens with two attached hydrogens (primary N) is 1. The number of nitrogen functional groups attached to an aromatic ring is 1. The van der Waals surface area contributed by atoms with Crippen molar-refractivity contribution in [2.75, 3.05) is 23.8 Å². The number of hydrogen-bond acceptors (Lipinski definition) is 4. The molecule has 0 bridgehead atoms. The van der Waals surface area contributed by atoms with Gasteiger partial charge in [-0.15, -0.1) is 11.8 Å². The van der Waals surface area contributed by atoms with Gasteiger partial charge in [-0.2, -0.15) is 11.8 Å². The predicted octanol–water partition coefficient (Wildman–Crippen LogP) is 4.18. The van der Waals surface area contributed by atoms with Gasteiger partial charge in [0.2, 0.25) is 0 Å². The highest BCUT2D eigenvalue weighted by atomic mass is 79.9. The van der Waals surface area contributed by atoms with E-state index in [1.165, 1.54) is 17.1 Å². The van der Waals surface area contributed by atoms with Gasteiger partial charge in [0.05, 0.1) is 5.60 Å². The van der Waals surface area contributed by atoms with Crippen molar-refractivity contribution >= 4 is 45.1 Å². The fourth-order valence-corrected chi connectivity index (χ4v) is 5.99. The summed E-state index contributed by atoms with van der Waals surface area (Å²) in [6, 6.07) is 6.11. The summed E-state index contributed by atoms with van der Waals surface area (Å²) in [6.45, 7) is 0.895. The summed E-state index contributed by atoms with van der Waals surface area (Å²) in [7, 11) is 0. The van der Waals surface area contributed by atoms with Crippen LogP contribution in [0.3, 0.4) is 0 Å². The van der Waals surface area contributed by atoms with Crippen molar-refractivity contribution < 1.29 is 4.74 Å². The van der Waals surface area contributed by atoms with E-state index in [1.54, 1.807) is 0 Å². The van der Waals surface area contributed by atoms with E-state index in [-0.39, 0.29) is 5.60 Å². The first-order chi connectivity index (χ1) is 9.17. The molecule has 1 spiro atoms. The molecule has 2 aliphatic heterocycles. The molecular formula is C14H18BrNOS2. The molecule has 0 saturated carbocycles. The molecule has 104 valence electrons. The second-order valence-corrected chi connectivity index (χ2v) is 8.61. The minimum absolute atomic E-state index is 0.154. The molecule has 0 amide bonds. The van der Waals surface area contributed by atoms with Crippen molar-refractivity contribution in [2.24, 2.45) is 0 Å². The van der Waals surface area contributed by atoms with Gasteiger partial charge >= 0.3 is 0 Å². The Labute approximate surface area is 131 Å². The first kappa shape index (κ1) is 14.1. The maximum atomic E-state index is 6.07. The van der Waals surface area contributed by atoms with E-state index in [1.807, 2.05) is 35.7 Å². The quantitative estimate of drug-likeness (QED) is 0.803. The molecule has 2 unspecified atom stereocenters. The van der Waals surface area contributed by atoms with Crippen LogP contribution in [-0.4, -0.2) is 29.0 Å². The van der Waals surface area contributed by atoms with Crippen molar-refractivity contribution in [2.45, 2.75) is 35.0 Å². The molecule has 0 aromatic heterocycles. The third kappa shape index (κ3) is 3.26. The van der Waals surface area contributed by atoms with Crippen molar-refractivity contribution in [3.63, 3.8) is 0 Å². The van der Waals surface area contributed by atoms with Crippen molar-refractivity contribution in [3.8, 4) is 0 Å². The lowest BCUT2D eigenvalue weighted by Crippen LogP contribution is -2.40. The summed E-state index contributed by atoms with van der Waals surface area (Å²) < 4.78 is 7.17. The smallest absolute Gasteiger partial charge is 0.0791 e. The highest BCUT2D eigenvalue weighted by Gasteiger charge is 2.40. The monoisotopic (exact) mass is 359 g/mol. The zero-order chi connectivity index (χ0) is 13.3. The van der Waals surface area contributed by atoms with E-state index < -0.39 is 0 Å². The Hall–Kier alpha value is 0.160.